The van der Waals surface area contributed by atoms with Gasteiger partial charge in [-0.3, -0.25) is 0 Å². The fourth-order valence-electron chi connectivity index (χ4n) is 3.23. The van der Waals surface area contributed by atoms with Crippen molar-refractivity contribution in [1.82, 2.24) is 0 Å². The summed E-state index contributed by atoms with van der Waals surface area (Å²) in [4.78, 5) is 2.36. The van der Waals surface area contributed by atoms with E-state index in [1.165, 1.54) is 32.1 Å². The summed E-state index contributed by atoms with van der Waals surface area (Å²) in [5.74, 6) is 0.926. The molecule has 0 aliphatic heterocycles. The predicted octanol–water partition coefficient (Wildman–Crippen LogP) is 4.76. The Morgan fingerprint density at radius 3 is 2.45 bits per heavy atom. The number of benzene rings is 1. The van der Waals surface area contributed by atoms with Gasteiger partial charge in [-0.25, -0.2) is 0 Å². The highest BCUT2D eigenvalue weighted by Gasteiger charge is 2.24. The molecule has 1 saturated carbocycles. The summed E-state index contributed by atoms with van der Waals surface area (Å²) >= 11 is 6.45. The molecule has 20 heavy (non-hydrogen) atoms. The van der Waals surface area contributed by atoms with Crippen molar-refractivity contribution in [2.24, 2.45) is 11.7 Å². The Morgan fingerprint density at radius 1 is 1.30 bits per heavy atom. The van der Waals surface area contributed by atoms with Crippen molar-refractivity contribution in [1.29, 1.82) is 0 Å². The van der Waals surface area contributed by atoms with Crippen molar-refractivity contribution < 1.29 is 0 Å². The first-order chi connectivity index (χ1) is 9.52. The van der Waals surface area contributed by atoms with Gasteiger partial charge in [0.25, 0.3) is 0 Å². The van der Waals surface area contributed by atoms with Crippen LogP contribution in [-0.2, 0) is 0 Å². The molecule has 1 fully saturated rings. The molecule has 1 aliphatic carbocycles. The molecule has 2 nitrogen and oxygen atoms in total. The SMILES string of the molecule is CCC1CCC(N(C)c2ccc([C@@H](C)N)cc2Cl)CC1. The van der Waals surface area contributed by atoms with Crippen molar-refractivity contribution in [2.75, 3.05) is 11.9 Å². The van der Waals surface area contributed by atoms with Crippen LogP contribution in [-0.4, -0.2) is 13.1 Å². The van der Waals surface area contributed by atoms with Crippen LogP contribution in [0, 0.1) is 5.92 Å². The number of halogens is 1. The summed E-state index contributed by atoms with van der Waals surface area (Å²) in [6.07, 6.45) is 6.57. The van der Waals surface area contributed by atoms with Gasteiger partial charge in [-0.1, -0.05) is 31.0 Å². The van der Waals surface area contributed by atoms with Crippen LogP contribution >= 0.6 is 11.6 Å². The molecule has 0 amide bonds. The second kappa shape index (κ2) is 6.82. The average molecular weight is 295 g/mol. The molecule has 1 aromatic rings. The van der Waals surface area contributed by atoms with Crippen LogP contribution in [0.3, 0.4) is 0 Å². The Morgan fingerprint density at radius 2 is 1.95 bits per heavy atom. The molecule has 0 unspecified atom stereocenters. The summed E-state index contributed by atoms with van der Waals surface area (Å²) in [6, 6.07) is 6.88. The van der Waals surface area contributed by atoms with Crippen LogP contribution in [0.5, 0.6) is 0 Å². The van der Waals surface area contributed by atoms with E-state index >= 15 is 0 Å². The zero-order chi connectivity index (χ0) is 14.7. The fourth-order valence-corrected chi connectivity index (χ4v) is 3.55. The van der Waals surface area contributed by atoms with Gasteiger partial charge < -0.3 is 10.6 Å². The van der Waals surface area contributed by atoms with E-state index in [-0.39, 0.29) is 6.04 Å². The van der Waals surface area contributed by atoms with Gasteiger partial charge in [-0.15, -0.1) is 0 Å². The van der Waals surface area contributed by atoms with Crippen molar-refractivity contribution in [2.45, 2.75) is 58.0 Å². The van der Waals surface area contributed by atoms with Crippen LogP contribution in [0.2, 0.25) is 5.02 Å². The quantitative estimate of drug-likeness (QED) is 0.867. The molecule has 112 valence electrons. The standard InChI is InChI=1S/C17H27ClN2/c1-4-13-5-8-15(9-6-13)20(3)17-10-7-14(12(2)19)11-16(17)18/h7,10-13,15H,4-6,8-9,19H2,1-3H3/t12-,13?,15?/m1/s1. The normalized spacial score (nSPS) is 24.4. The number of nitrogens with two attached hydrogens (primary N) is 1. The molecule has 2 rings (SSSR count). The minimum Gasteiger partial charge on any atom is -0.370 e. The van der Waals surface area contributed by atoms with E-state index in [2.05, 4.69) is 31.0 Å². The van der Waals surface area contributed by atoms with E-state index in [1.54, 1.807) is 0 Å². The lowest BCUT2D eigenvalue weighted by molar-refractivity contribution is 0.313. The van der Waals surface area contributed by atoms with E-state index in [0.717, 1.165) is 22.2 Å². The zero-order valence-corrected chi connectivity index (χ0v) is 13.7. The second-order valence-electron chi connectivity index (χ2n) is 6.19. The molecule has 0 spiro atoms. The number of anilines is 1. The summed E-state index contributed by atoms with van der Waals surface area (Å²) in [5.41, 5.74) is 8.14. The van der Waals surface area contributed by atoms with Gasteiger partial charge in [-0.2, -0.15) is 0 Å². The van der Waals surface area contributed by atoms with Crippen LogP contribution in [0.4, 0.5) is 5.69 Å². The number of hydrogen-bond donors (Lipinski definition) is 1. The lowest BCUT2D eigenvalue weighted by atomic mass is 9.84. The third-order valence-corrected chi connectivity index (χ3v) is 5.12. The summed E-state index contributed by atoms with van der Waals surface area (Å²) in [7, 11) is 2.17. The highest BCUT2D eigenvalue weighted by Crippen LogP contribution is 2.34. The first-order valence-electron chi connectivity index (χ1n) is 7.80. The second-order valence-corrected chi connectivity index (χ2v) is 6.60. The number of rotatable bonds is 4. The van der Waals surface area contributed by atoms with E-state index < -0.39 is 0 Å². The van der Waals surface area contributed by atoms with Crippen LogP contribution in [0.15, 0.2) is 18.2 Å². The molecule has 2 N–H and O–H groups in total. The summed E-state index contributed by atoms with van der Waals surface area (Å²) < 4.78 is 0. The van der Waals surface area contributed by atoms with Crippen molar-refractivity contribution >= 4 is 17.3 Å². The van der Waals surface area contributed by atoms with Crippen molar-refractivity contribution in [3.05, 3.63) is 28.8 Å². The molecule has 1 atom stereocenters. The van der Waals surface area contributed by atoms with E-state index in [9.17, 15) is 0 Å². The van der Waals surface area contributed by atoms with Crippen molar-refractivity contribution in [3.8, 4) is 0 Å². The van der Waals surface area contributed by atoms with E-state index in [4.69, 9.17) is 17.3 Å². The summed E-state index contributed by atoms with van der Waals surface area (Å²) in [6.45, 7) is 4.29. The maximum absolute atomic E-state index is 6.45. The fraction of sp³-hybridized carbons (Fsp3) is 0.647. The third kappa shape index (κ3) is 3.48. The number of nitrogens with zero attached hydrogens (tertiary/aromatic N) is 1. The molecule has 0 radical (unpaired) electrons. The molecule has 1 aliphatic rings. The topological polar surface area (TPSA) is 29.3 Å². The highest BCUT2D eigenvalue weighted by molar-refractivity contribution is 6.33. The van der Waals surface area contributed by atoms with E-state index in [0.29, 0.717) is 6.04 Å². The molecule has 0 heterocycles. The van der Waals surface area contributed by atoms with Gasteiger partial charge >= 0.3 is 0 Å². The Bertz CT molecular complexity index is 437. The number of hydrogen-bond acceptors (Lipinski definition) is 2. The van der Waals surface area contributed by atoms with Crippen LogP contribution < -0.4 is 10.6 Å². The summed E-state index contributed by atoms with van der Waals surface area (Å²) in [5, 5.41) is 0.819. The lowest BCUT2D eigenvalue weighted by Gasteiger charge is -2.36. The predicted molar refractivity (Wildman–Crippen MR) is 88.5 cm³/mol. The maximum atomic E-state index is 6.45. The molecule has 1 aromatic carbocycles. The molecule has 3 heteroatoms. The Labute approximate surface area is 128 Å². The third-order valence-electron chi connectivity index (χ3n) is 4.82. The highest BCUT2D eigenvalue weighted by atomic mass is 35.5. The zero-order valence-electron chi connectivity index (χ0n) is 12.9. The minimum atomic E-state index is 0.0341. The average Bonchev–Trinajstić information content (AvgIpc) is 2.46. The van der Waals surface area contributed by atoms with Crippen LogP contribution in [0.25, 0.3) is 0 Å². The molecular weight excluding hydrogens is 268 g/mol. The molecular formula is C17H27ClN2. The molecule has 0 saturated heterocycles. The van der Waals surface area contributed by atoms with Crippen molar-refractivity contribution in [3.63, 3.8) is 0 Å². The van der Waals surface area contributed by atoms with Gasteiger partial charge in [0, 0.05) is 19.1 Å². The molecule has 0 aromatic heterocycles. The van der Waals surface area contributed by atoms with Crippen LogP contribution in [0.1, 0.15) is 57.6 Å². The Balaban J connectivity index is 2.07. The lowest BCUT2D eigenvalue weighted by Crippen LogP contribution is -2.35. The monoisotopic (exact) mass is 294 g/mol. The van der Waals surface area contributed by atoms with Gasteiger partial charge in [0.05, 0.1) is 10.7 Å². The van der Waals surface area contributed by atoms with E-state index in [1.807, 2.05) is 13.0 Å². The maximum Gasteiger partial charge on any atom is 0.0642 e. The van der Waals surface area contributed by atoms with Gasteiger partial charge in [0.15, 0.2) is 0 Å². The Kier molecular flexibility index (Phi) is 5.34. The van der Waals surface area contributed by atoms with Gasteiger partial charge in [0.1, 0.15) is 0 Å². The largest absolute Gasteiger partial charge is 0.370 e. The minimum absolute atomic E-state index is 0.0341. The Hall–Kier alpha value is -0.730. The van der Waals surface area contributed by atoms with Gasteiger partial charge in [0.2, 0.25) is 0 Å². The molecule has 0 bridgehead atoms. The first kappa shape index (κ1) is 15.7. The first-order valence-corrected chi connectivity index (χ1v) is 8.18. The van der Waals surface area contributed by atoms with Gasteiger partial charge in [-0.05, 0) is 56.2 Å². The smallest absolute Gasteiger partial charge is 0.0642 e.